The number of thiazole rings is 1. The molecule has 0 radical (unpaired) electrons. The molecule has 0 unspecified atom stereocenters. The first kappa shape index (κ1) is 26.1. The zero-order chi connectivity index (χ0) is 26.6. The molecule has 37 heavy (non-hydrogen) atoms. The Kier molecular flexibility index (Phi) is 7.74. The van der Waals surface area contributed by atoms with E-state index in [1.165, 1.54) is 54.1 Å². The van der Waals surface area contributed by atoms with Crippen molar-refractivity contribution in [2.24, 2.45) is 4.99 Å². The number of sulfonamides is 1. The van der Waals surface area contributed by atoms with Crippen LogP contribution in [0.2, 0.25) is 0 Å². The van der Waals surface area contributed by atoms with Crippen LogP contribution in [0.15, 0.2) is 82.7 Å². The van der Waals surface area contributed by atoms with Gasteiger partial charge in [-0.25, -0.2) is 8.42 Å². The van der Waals surface area contributed by atoms with Crippen LogP contribution in [-0.4, -0.2) is 45.6 Å². The Morgan fingerprint density at radius 2 is 1.73 bits per heavy atom. The second-order valence-corrected chi connectivity index (χ2v) is 10.8. The Bertz CT molecular complexity index is 1610. The third-order valence-electron chi connectivity index (χ3n) is 5.56. The summed E-state index contributed by atoms with van der Waals surface area (Å²) in [4.78, 5) is 29.6. The van der Waals surface area contributed by atoms with Crippen molar-refractivity contribution in [2.45, 2.75) is 18.4 Å². The maximum atomic E-state index is 13.0. The quantitative estimate of drug-likeness (QED) is 0.315. The van der Waals surface area contributed by atoms with E-state index in [0.717, 1.165) is 4.70 Å². The van der Waals surface area contributed by atoms with Gasteiger partial charge in [0.15, 0.2) is 4.80 Å². The van der Waals surface area contributed by atoms with Gasteiger partial charge in [-0.3, -0.25) is 13.9 Å². The Balaban J connectivity index is 1.68. The molecule has 9 nitrogen and oxygen atoms in total. The number of ether oxygens (including phenoxy) is 2. The van der Waals surface area contributed by atoms with Crippen molar-refractivity contribution in [3.05, 3.63) is 83.2 Å². The number of rotatable bonds is 8. The van der Waals surface area contributed by atoms with Crippen LogP contribution in [0, 0.1) is 0 Å². The monoisotopic (exact) mass is 539 g/mol. The highest BCUT2D eigenvalue weighted by atomic mass is 32.2. The largest absolute Gasteiger partial charge is 0.494 e. The maximum Gasteiger partial charge on any atom is 0.325 e. The number of para-hydroxylation sites is 1. The normalized spacial score (nSPS) is 11.9. The van der Waals surface area contributed by atoms with Gasteiger partial charge >= 0.3 is 5.97 Å². The number of fused-ring (bicyclic) bond motifs is 1. The Labute approximate surface area is 218 Å². The summed E-state index contributed by atoms with van der Waals surface area (Å²) in [6.07, 6.45) is 0. The van der Waals surface area contributed by atoms with Gasteiger partial charge in [0.1, 0.15) is 12.3 Å². The lowest BCUT2D eigenvalue weighted by molar-refractivity contribution is -0.141. The van der Waals surface area contributed by atoms with Crippen molar-refractivity contribution in [1.82, 2.24) is 4.57 Å². The number of amides is 1. The highest BCUT2D eigenvalue weighted by molar-refractivity contribution is 7.92. The van der Waals surface area contributed by atoms with Crippen molar-refractivity contribution >= 4 is 49.1 Å². The van der Waals surface area contributed by atoms with E-state index in [-0.39, 0.29) is 17.0 Å². The van der Waals surface area contributed by atoms with Gasteiger partial charge in [0.25, 0.3) is 15.9 Å². The molecule has 0 bridgehead atoms. The number of aromatic nitrogens is 1. The lowest BCUT2D eigenvalue weighted by Gasteiger charge is -2.19. The van der Waals surface area contributed by atoms with E-state index in [1.54, 1.807) is 47.0 Å². The molecule has 1 aromatic heterocycles. The first-order valence-electron chi connectivity index (χ1n) is 11.3. The molecular weight excluding hydrogens is 514 g/mol. The van der Waals surface area contributed by atoms with Gasteiger partial charge < -0.3 is 14.0 Å². The Morgan fingerprint density at radius 1 is 1.03 bits per heavy atom. The zero-order valence-electron chi connectivity index (χ0n) is 20.5. The Hall–Kier alpha value is -3.96. The van der Waals surface area contributed by atoms with Crippen LogP contribution < -0.4 is 13.8 Å². The number of nitrogens with zero attached hydrogens (tertiary/aromatic N) is 3. The van der Waals surface area contributed by atoms with Crippen molar-refractivity contribution in [3.8, 4) is 5.75 Å². The highest BCUT2D eigenvalue weighted by Crippen LogP contribution is 2.24. The molecule has 0 aliphatic heterocycles. The molecule has 0 N–H and O–H groups in total. The molecule has 4 rings (SSSR count). The molecule has 0 fully saturated rings. The van der Waals surface area contributed by atoms with E-state index in [2.05, 4.69) is 4.99 Å². The van der Waals surface area contributed by atoms with Crippen LogP contribution in [0.3, 0.4) is 0 Å². The molecule has 0 saturated heterocycles. The smallest absolute Gasteiger partial charge is 0.325 e. The van der Waals surface area contributed by atoms with Crippen LogP contribution >= 0.6 is 11.3 Å². The number of methoxy groups -OCH3 is 1. The summed E-state index contributed by atoms with van der Waals surface area (Å²) in [5.41, 5.74) is 1.43. The summed E-state index contributed by atoms with van der Waals surface area (Å²) in [6, 6.07) is 19.7. The van der Waals surface area contributed by atoms with Crippen LogP contribution in [0.4, 0.5) is 5.69 Å². The van der Waals surface area contributed by atoms with Crippen LogP contribution in [0.5, 0.6) is 5.75 Å². The van der Waals surface area contributed by atoms with Crippen LogP contribution in [-0.2, 0) is 26.1 Å². The molecule has 4 aromatic rings. The zero-order valence-corrected chi connectivity index (χ0v) is 22.1. The molecule has 0 aliphatic rings. The molecule has 0 spiro atoms. The fourth-order valence-electron chi connectivity index (χ4n) is 3.60. The first-order valence-corrected chi connectivity index (χ1v) is 13.6. The van der Waals surface area contributed by atoms with Crippen LogP contribution in [0.25, 0.3) is 10.2 Å². The summed E-state index contributed by atoms with van der Waals surface area (Å²) in [7, 11) is -1.06. The first-order chi connectivity index (χ1) is 17.7. The standard InChI is InChI=1S/C26H25N3O6S2/c1-4-35-20-12-15-22-23(16-20)36-26(29(22)17-24(30)34-3)27-25(31)18-10-13-21(14-11-18)37(32,33)28(2)19-8-6-5-7-9-19/h5-16H,4,17H2,1-3H3. The van der Waals surface area contributed by atoms with Crippen molar-refractivity contribution in [1.29, 1.82) is 0 Å². The molecule has 1 amide bonds. The number of hydrogen-bond acceptors (Lipinski definition) is 7. The van der Waals surface area contributed by atoms with E-state index >= 15 is 0 Å². The average Bonchev–Trinajstić information content (AvgIpc) is 3.24. The predicted molar refractivity (Wildman–Crippen MR) is 141 cm³/mol. The SMILES string of the molecule is CCOc1ccc2c(c1)sc(=NC(=O)c1ccc(S(=O)(=O)N(C)c3ccccc3)cc1)n2CC(=O)OC. The number of carbonyl (C=O) groups is 2. The minimum atomic E-state index is -3.82. The van der Waals surface area contributed by atoms with Crippen molar-refractivity contribution < 1.29 is 27.5 Å². The van der Waals surface area contributed by atoms with E-state index < -0.39 is 21.9 Å². The number of hydrogen-bond donors (Lipinski definition) is 0. The summed E-state index contributed by atoms with van der Waals surface area (Å²) < 4.78 is 40.0. The van der Waals surface area contributed by atoms with Crippen LogP contribution in [0.1, 0.15) is 17.3 Å². The van der Waals surface area contributed by atoms with Gasteiger partial charge in [-0.05, 0) is 61.5 Å². The van der Waals surface area contributed by atoms with Gasteiger partial charge in [-0.2, -0.15) is 4.99 Å². The molecule has 0 aliphatic carbocycles. The maximum absolute atomic E-state index is 13.0. The van der Waals surface area contributed by atoms with Gasteiger partial charge in [0.2, 0.25) is 0 Å². The van der Waals surface area contributed by atoms with Gasteiger partial charge in [0.05, 0.1) is 34.5 Å². The second-order valence-electron chi connectivity index (χ2n) is 7.86. The van der Waals surface area contributed by atoms with E-state index in [9.17, 15) is 18.0 Å². The summed E-state index contributed by atoms with van der Waals surface area (Å²) in [6.45, 7) is 2.26. The lowest BCUT2D eigenvalue weighted by Crippen LogP contribution is -2.26. The van der Waals surface area contributed by atoms with Crippen molar-refractivity contribution in [2.75, 3.05) is 25.1 Å². The lowest BCUT2D eigenvalue weighted by atomic mass is 10.2. The summed E-state index contributed by atoms with van der Waals surface area (Å²) in [5.74, 6) is -0.397. The topological polar surface area (TPSA) is 107 Å². The highest BCUT2D eigenvalue weighted by Gasteiger charge is 2.21. The molecular formula is C26H25N3O6S2. The third-order valence-corrected chi connectivity index (χ3v) is 8.40. The fraction of sp³-hybridized carbons (Fsp3) is 0.192. The van der Waals surface area contributed by atoms with E-state index in [1.807, 2.05) is 13.0 Å². The molecule has 11 heteroatoms. The summed E-state index contributed by atoms with van der Waals surface area (Å²) in [5, 5.41) is 0. The Morgan fingerprint density at radius 3 is 2.38 bits per heavy atom. The molecule has 0 saturated carbocycles. The van der Waals surface area contributed by atoms with Crippen molar-refractivity contribution in [3.63, 3.8) is 0 Å². The molecule has 0 atom stereocenters. The fourth-order valence-corrected chi connectivity index (χ4v) is 5.85. The minimum absolute atomic E-state index is 0.0430. The van der Waals surface area contributed by atoms with E-state index in [0.29, 0.717) is 28.4 Å². The molecule has 192 valence electrons. The number of anilines is 1. The number of benzene rings is 3. The average molecular weight is 540 g/mol. The third kappa shape index (κ3) is 5.57. The molecule has 3 aromatic carbocycles. The number of esters is 1. The van der Waals surface area contributed by atoms with E-state index in [4.69, 9.17) is 9.47 Å². The molecule has 1 heterocycles. The summed E-state index contributed by atoms with van der Waals surface area (Å²) >= 11 is 1.23. The van der Waals surface area contributed by atoms with Gasteiger partial charge in [0, 0.05) is 12.6 Å². The number of carbonyl (C=O) groups excluding carboxylic acids is 2. The second kappa shape index (κ2) is 11.0. The van der Waals surface area contributed by atoms with Gasteiger partial charge in [-0.15, -0.1) is 0 Å². The van der Waals surface area contributed by atoms with Gasteiger partial charge in [-0.1, -0.05) is 29.5 Å². The minimum Gasteiger partial charge on any atom is -0.494 e. The predicted octanol–water partition coefficient (Wildman–Crippen LogP) is 3.84.